The van der Waals surface area contributed by atoms with Crippen molar-refractivity contribution in [1.29, 1.82) is 0 Å². The predicted molar refractivity (Wildman–Crippen MR) is 104 cm³/mol. The summed E-state index contributed by atoms with van der Waals surface area (Å²) in [6, 6.07) is 8.05. The van der Waals surface area contributed by atoms with Crippen LogP contribution in [0.3, 0.4) is 0 Å². The van der Waals surface area contributed by atoms with Crippen molar-refractivity contribution in [2.24, 2.45) is 0 Å². The number of hydrogen-bond acceptors (Lipinski definition) is 5. The Morgan fingerprint density at radius 2 is 2.11 bits per heavy atom. The van der Waals surface area contributed by atoms with Crippen LogP contribution in [-0.2, 0) is 14.3 Å². The Hall–Kier alpha value is -2.38. The van der Waals surface area contributed by atoms with Gasteiger partial charge in [-0.2, -0.15) is 0 Å². The van der Waals surface area contributed by atoms with Crippen molar-refractivity contribution in [3.63, 3.8) is 0 Å². The topological polar surface area (TPSA) is 75.7 Å². The Balaban J connectivity index is 1.56. The molecule has 0 radical (unpaired) electrons. The van der Waals surface area contributed by atoms with Crippen LogP contribution in [-0.4, -0.2) is 41.9 Å². The molecule has 1 aliphatic rings. The van der Waals surface area contributed by atoms with Crippen molar-refractivity contribution >= 4 is 46.4 Å². The molecule has 1 N–H and O–H groups in total. The third-order valence-corrected chi connectivity index (χ3v) is 5.67. The summed E-state index contributed by atoms with van der Waals surface area (Å²) in [5.74, 6) is -1.19. The Kier molecular flexibility index (Phi) is 6.13. The van der Waals surface area contributed by atoms with Gasteiger partial charge in [0.1, 0.15) is 6.04 Å². The maximum absolute atomic E-state index is 12.5. The Morgan fingerprint density at radius 1 is 1.30 bits per heavy atom. The number of esters is 1. The SMILES string of the molecule is Cc1c(Cl)cccc1NC(=O)COC(=O)[C@@H]1CCCN1C(=O)c1cccs1. The van der Waals surface area contributed by atoms with Crippen LogP contribution in [0.1, 0.15) is 28.1 Å². The second-order valence-corrected chi connectivity index (χ2v) is 7.56. The molecule has 2 heterocycles. The van der Waals surface area contributed by atoms with E-state index in [4.69, 9.17) is 16.3 Å². The van der Waals surface area contributed by atoms with Crippen molar-refractivity contribution in [1.82, 2.24) is 4.90 Å². The van der Waals surface area contributed by atoms with E-state index in [1.807, 2.05) is 5.38 Å². The van der Waals surface area contributed by atoms with Crippen LogP contribution in [0.2, 0.25) is 5.02 Å². The molecule has 0 aliphatic carbocycles. The molecule has 142 valence electrons. The number of carbonyl (C=O) groups excluding carboxylic acids is 3. The summed E-state index contributed by atoms with van der Waals surface area (Å²) in [4.78, 5) is 39.1. The smallest absolute Gasteiger partial charge is 0.329 e. The molecule has 27 heavy (non-hydrogen) atoms. The first kappa shape index (κ1) is 19.4. The molecular weight excluding hydrogens is 388 g/mol. The zero-order valence-electron chi connectivity index (χ0n) is 14.7. The lowest BCUT2D eigenvalue weighted by atomic mass is 10.2. The third-order valence-electron chi connectivity index (χ3n) is 4.41. The monoisotopic (exact) mass is 406 g/mol. The summed E-state index contributed by atoms with van der Waals surface area (Å²) in [7, 11) is 0. The van der Waals surface area contributed by atoms with Gasteiger partial charge in [0.2, 0.25) is 0 Å². The molecule has 8 heteroatoms. The molecular formula is C19H19ClN2O4S. The Bertz CT molecular complexity index is 853. The van der Waals surface area contributed by atoms with E-state index in [0.29, 0.717) is 28.6 Å². The number of amides is 2. The lowest BCUT2D eigenvalue weighted by Crippen LogP contribution is -2.41. The maximum atomic E-state index is 12.5. The number of halogens is 1. The number of hydrogen-bond donors (Lipinski definition) is 1. The van der Waals surface area contributed by atoms with Gasteiger partial charge in [0.15, 0.2) is 6.61 Å². The van der Waals surface area contributed by atoms with Crippen molar-refractivity contribution < 1.29 is 19.1 Å². The molecule has 0 spiro atoms. The van der Waals surface area contributed by atoms with Gasteiger partial charge >= 0.3 is 5.97 Å². The first-order valence-electron chi connectivity index (χ1n) is 8.53. The van der Waals surface area contributed by atoms with Gasteiger partial charge in [0.25, 0.3) is 11.8 Å². The largest absolute Gasteiger partial charge is 0.454 e. The highest BCUT2D eigenvalue weighted by Crippen LogP contribution is 2.24. The van der Waals surface area contributed by atoms with E-state index < -0.39 is 24.5 Å². The minimum absolute atomic E-state index is 0.177. The lowest BCUT2D eigenvalue weighted by molar-refractivity contribution is -0.151. The number of benzene rings is 1. The molecule has 1 fully saturated rings. The number of rotatable bonds is 5. The standard InChI is InChI=1S/C19H19ClN2O4S/c1-12-13(20)5-2-6-14(12)21-17(23)11-26-19(25)15-7-3-9-22(15)18(24)16-8-4-10-27-16/h2,4-6,8,10,15H,3,7,9,11H2,1H3,(H,21,23)/t15-/m0/s1. The highest BCUT2D eigenvalue weighted by molar-refractivity contribution is 7.12. The summed E-state index contributed by atoms with van der Waals surface area (Å²) in [5.41, 5.74) is 1.31. The third kappa shape index (κ3) is 4.48. The van der Waals surface area contributed by atoms with Crippen molar-refractivity contribution in [3.05, 3.63) is 51.2 Å². The highest BCUT2D eigenvalue weighted by atomic mass is 35.5. The highest BCUT2D eigenvalue weighted by Gasteiger charge is 2.36. The van der Waals surface area contributed by atoms with Crippen LogP contribution in [0, 0.1) is 6.92 Å². The normalized spacial score (nSPS) is 16.2. The quantitative estimate of drug-likeness (QED) is 0.771. The van der Waals surface area contributed by atoms with E-state index in [1.165, 1.54) is 16.2 Å². The summed E-state index contributed by atoms with van der Waals surface area (Å²) in [6.07, 6.45) is 1.26. The zero-order valence-corrected chi connectivity index (χ0v) is 16.3. The van der Waals surface area contributed by atoms with Gasteiger partial charge in [0.05, 0.1) is 4.88 Å². The van der Waals surface area contributed by atoms with Gasteiger partial charge in [-0.3, -0.25) is 9.59 Å². The summed E-state index contributed by atoms with van der Waals surface area (Å²) >= 11 is 7.36. The molecule has 2 aromatic rings. The van der Waals surface area contributed by atoms with E-state index in [-0.39, 0.29) is 5.91 Å². The van der Waals surface area contributed by atoms with Crippen molar-refractivity contribution in [3.8, 4) is 0 Å². The first-order chi connectivity index (χ1) is 13.0. The number of ether oxygens (including phenoxy) is 1. The van der Waals surface area contributed by atoms with Crippen molar-refractivity contribution in [2.45, 2.75) is 25.8 Å². The molecule has 2 amide bonds. The molecule has 6 nitrogen and oxygen atoms in total. The predicted octanol–water partition coefficient (Wildman–Crippen LogP) is 3.50. The minimum atomic E-state index is -0.652. The summed E-state index contributed by atoms with van der Waals surface area (Å²) in [5, 5.41) is 5.03. The number of anilines is 1. The molecule has 1 atom stereocenters. The average Bonchev–Trinajstić information content (AvgIpc) is 3.34. The van der Waals surface area contributed by atoms with Gasteiger partial charge in [-0.1, -0.05) is 23.7 Å². The summed E-state index contributed by atoms with van der Waals surface area (Å²) in [6.45, 7) is 1.88. The number of likely N-dealkylation sites (tertiary alicyclic amines) is 1. The molecule has 1 aromatic carbocycles. The molecule has 3 rings (SSSR count). The minimum Gasteiger partial charge on any atom is -0.454 e. The second-order valence-electron chi connectivity index (χ2n) is 6.20. The van der Waals surface area contributed by atoms with Crippen LogP contribution in [0.4, 0.5) is 5.69 Å². The number of thiophene rings is 1. The Morgan fingerprint density at radius 3 is 2.85 bits per heavy atom. The molecule has 0 saturated carbocycles. The van der Waals surface area contributed by atoms with Crippen LogP contribution in [0.15, 0.2) is 35.7 Å². The average molecular weight is 407 g/mol. The van der Waals surface area contributed by atoms with E-state index in [9.17, 15) is 14.4 Å². The fourth-order valence-corrected chi connectivity index (χ4v) is 3.81. The fraction of sp³-hybridized carbons (Fsp3) is 0.316. The molecule has 0 bridgehead atoms. The second kappa shape index (κ2) is 8.54. The van der Waals surface area contributed by atoms with Crippen LogP contribution >= 0.6 is 22.9 Å². The molecule has 1 aliphatic heterocycles. The fourth-order valence-electron chi connectivity index (χ4n) is 2.96. The van der Waals surface area contributed by atoms with E-state index in [2.05, 4.69) is 5.32 Å². The number of carbonyl (C=O) groups is 3. The first-order valence-corrected chi connectivity index (χ1v) is 9.79. The van der Waals surface area contributed by atoms with E-state index in [1.54, 1.807) is 37.3 Å². The van der Waals surface area contributed by atoms with Crippen LogP contribution < -0.4 is 5.32 Å². The van der Waals surface area contributed by atoms with Gasteiger partial charge < -0.3 is 15.0 Å². The van der Waals surface area contributed by atoms with Gasteiger partial charge in [-0.25, -0.2) is 4.79 Å². The molecule has 1 saturated heterocycles. The zero-order chi connectivity index (χ0) is 19.4. The number of nitrogens with one attached hydrogen (secondary N) is 1. The lowest BCUT2D eigenvalue weighted by Gasteiger charge is -2.22. The van der Waals surface area contributed by atoms with Gasteiger partial charge in [0, 0.05) is 17.3 Å². The van der Waals surface area contributed by atoms with Gasteiger partial charge in [-0.15, -0.1) is 11.3 Å². The Labute approximate surface area is 166 Å². The maximum Gasteiger partial charge on any atom is 0.329 e. The summed E-state index contributed by atoms with van der Waals surface area (Å²) < 4.78 is 5.15. The number of nitrogens with zero attached hydrogens (tertiary/aromatic N) is 1. The molecule has 1 aromatic heterocycles. The van der Waals surface area contributed by atoms with Crippen LogP contribution in [0.5, 0.6) is 0 Å². The van der Waals surface area contributed by atoms with Gasteiger partial charge in [-0.05, 0) is 48.9 Å². The van der Waals surface area contributed by atoms with E-state index >= 15 is 0 Å². The molecule has 0 unspecified atom stereocenters. The van der Waals surface area contributed by atoms with Crippen molar-refractivity contribution in [2.75, 3.05) is 18.5 Å². The van der Waals surface area contributed by atoms with Crippen LogP contribution in [0.25, 0.3) is 0 Å². The van der Waals surface area contributed by atoms with E-state index in [0.717, 1.165) is 12.0 Å².